The lowest BCUT2D eigenvalue weighted by atomic mass is 10.2. The molecule has 2 aromatic rings. The number of carbonyl (C=O) groups excluding carboxylic acids is 3. The quantitative estimate of drug-likeness (QED) is 0.635. The molecule has 1 aliphatic rings. The van der Waals surface area contributed by atoms with Gasteiger partial charge in [0.05, 0.1) is 4.91 Å². The summed E-state index contributed by atoms with van der Waals surface area (Å²) < 4.78 is 28.6. The highest BCUT2D eigenvalue weighted by atomic mass is 32.2. The Hall–Kier alpha value is -3.54. The first-order valence-electron chi connectivity index (χ1n) is 8.47. The van der Waals surface area contributed by atoms with Crippen LogP contribution >= 0.6 is 11.8 Å². The highest BCUT2D eigenvalue weighted by molar-refractivity contribution is 8.18. The normalized spacial score (nSPS) is 15.2. The molecular formula is C18H14F2N4O5S. The van der Waals surface area contributed by atoms with Crippen molar-refractivity contribution in [1.29, 1.82) is 0 Å². The molecule has 1 aromatic carbocycles. The van der Waals surface area contributed by atoms with E-state index in [0.717, 1.165) is 22.7 Å². The van der Waals surface area contributed by atoms with Crippen molar-refractivity contribution in [3.8, 4) is 5.75 Å². The summed E-state index contributed by atoms with van der Waals surface area (Å²) in [6.45, 7) is -3.00. The van der Waals surface area contributed by atoms with Crippen LogP contribution in [0.1, 0.15) is 16.1 Å². The maximum absolute atomic E-state index is 12.4. The zero-order valence-corrected chi connectivity index (χ0v) is 15.9. The SMILES string of the molecule is O=C(NCCN1C(=O)S/C(=C\c2ccc(OC(F)F)cc2)C1=O)c1ccc(=O)[nH]n1. The number of aromatic nitrogens is 2. The number of H-pyrrole nitrogens is 1. The maximum Gasteiger partial charge on any atom is 0.387 e. The van der Waals surface area contributed by atoms with E-state index in [1.165, 1.54) is 36.4 Å². The Balaban J connectivity index is 1.57. The molecule has 3 amide bonds. The molecule has 3 rings (SSSR count). The summed E-state index contributed by atoms with van der Waals surface area (Å²) in [5.74, 6) is -1.13. The average Bonchev–Trinajstić information content (AvgIpc) is 2.97. The Morgan fingerprint density at radius 2 is 1.93 bits per heavy atom. The van der Waals surface area contributed by atoms with Gasteiger partial charge in [-0.1, -0.05) is 12.1 Å². The summed E-state index contributed by atoms with van der Waals surface area (Å²) in [6.07, 6.45) is 1.46. The predicted molar refractivity (Wildman–Crippen MR) is 103 cm³/mol. The van der Waals surface area contributed by atoms with Crippen molar-refractivity contribution in [1.82, 2.24) is 20.4 Å². The molecule has 0 atom stereocenters. The van der Waals surface area contributed by atoms with E-state index in [0.29, 0.717) is 5.56 Å². The van der Waals surface area contributed by atoms with Gasteiger partial charge >= 0.3 is 6.61 Å². The molecule has 0 radical (unpaired) electrons. The molecule has 0 aliphatic carbocycles. The van der Waals surface area contributed by atoms with Crippen LogP contribution in [0.4, 0.5) is 13.6 Å². The number of amides is 3. The molecule has 1 fully saturated rings. The Labute approximate surface area is 172 Å². The van der Waals surface area contributed by atoms with E-state index in [1.54, 1.807) is 0 Å². The topological polar surface area (TPSA) is 121 Å². The largest absolute Gasteiger partial charge is 0.435 e. The molecule has 2 N–H and O–H groups in total. The lowest BCUT2D eigenvalue weighted by molar-refractivity contribution is -0.122. The van der Waals surface area contributed by atoms with E-state index < -0.39 is 29.2 Å². The van der Waals surface area contributed by atoms with E-state index in [-0.39, 0.29) is 29.4 Å². The molecule has 12 heteroatoms. The van der Waals surface area contributed by atoms with Crippen LogP contribution in [-0.4, -0.2) is 51.9 Å². The number of imide groups is 1. The van der Waals surface area contributed by atoms with Gasteiger partial charge in [-0.25, -0.2) is 5.10 Å². The number of nitrogens with one attached hydrogen (secondary N) is 2. The van der Waals surface area contributed by atoms with Crippen molar-refractivity contribution >= 4 is 34.9 Å². The lowest BCUT2D eigenvalue weighted by Gasteiger charge is -2.12. The molecule has 0 saturated carbocycles. The Morgan fingerprint density at radius 3 is 2.57 bits per heavy atom. The van der Waals surface area contributed by atoms with E-state index in [2.05, 4.69) is 20.3 Å². The number of benzene rings is 1. The second kappa shape index (κ2) is 9.31. The van der Waals surface area contributed by atoms with Crippen LogP contribution in [0.5, 0.6) is 5.75 Å². The molecule has 2 heterocycles. The molecule has 1 saturated heterocycles. The molecule has 1 aromatic heterocycles. The number of hydrogen-bond acceptors (Lipinski definition) is 7. The molecule has 9 nitrogen and oxygen atoms in total. The number of rotatable bonds is 7. The van der Waals surface area contributed by atoms with E-state index in [1.807, 2.05) is 0 Å². The molecule has 156 valence electrons. The second-order valence-corrected chi connectivity index (χ2v) is 6.84. The number of alkyl halides is 2. The number of hydrogen-bond donors (Lipinski definition) is 2. The Bertz CT molecular complexity index is 1030. The Kier molecular flexibility index (Phi) is 6.57. The third-order valence-electron chi connectivity index (χ3n) is 3.81. The van der Waals surface area contributed by atoms with Crippen LogP contribution in [0.3, 0.4) is 0 Å². The number of thioether (sulfide) groups is 1. The number of nitrogens with zero attached hydrogens (tertiary/aromatic N) is 2. The Morgan fingerprint density at radius 1 is 1.20 bits per heavy atom. The van der Waals surface area contributed by atoms with Gasteiger partial charge in [0, 0.05) is 19.2 Å². The first kappa shape index (κ1) is 21.2. The van der Waals surface area contributed by atoms with Gasteiger partial charge in [-0.15, -0.1) is 0 Å². The molecule has 30 heavy (non-hydrogen) atoms. The van der Waals surface area contributed by atoms with Gasteiger partial charge in [-0.05, 0) is 41.6 Å². The highest BCUT2D eigenvalue weighted by Gasteiger charge is 2.34. The van der Waals surface area contributed by atoms with Crippen LogP contribution in [0, 0.1) is 0 Å². The van der Waals surface area contributed by atoms with Gasteiger partial charge in [0.1, 0.15) is 11.4 Å². The minimum Gasteiger partial charge on any atom is -0.435 e. The fraction of sp³-hybridized carbons (Fsp3) is 0.167. The summed E-state index contributed by atoms with van der Waals surface area (Å²) in [4.78, 5) is 48.6. The third kappa shape index (κ3) is 5.29. The average molecular weight is 436 g/mol. The van der Waals surface area contributed by atoms with Crippen molar-refractivity contribution in [2.24, 2.45) is 0 Å². The second-order valence-electron chi connectivity index (χ2n) is 5.84. The van der Waals surface area contributed by atoms with Crippen LogP contribution < -0.4 is 15.6 Å². The smallest absolute Gasteiger partial charge is 0.387 e. The van der Waals surface area contributed by atoms with Gasteiger partial charge < -0.3 is 10.1 Å². The minimum absolute atomic E-state index is 0.00930. The number of ether oxygens (including phenoxy) is 1. The summed E-state index contributed by atoms with van der Waals surface area (Å²) in [6, 6.07) is 7.99. The zero-order valence-electron chi connectivity index (χ0n) is 15.1. The van der Waals surface area contributed by atoms with Crippen molar-refractivity contribution in [2.45, 2.75) is 6.61 Å². The number of halogens is 2. The third-order valence-corrected chi connectivity index (χ3v) is 4.72. The van der Waals surface area contributed by atoms with Gasteiger partial charge in [-0.2, -0.15) is 13.9 Å². The van der Waals surface area contributed by atoms with Crippen molar-refractivity contribution in [3.05, 3.63) is 62.9 Å². The fourth-order valence-electron chi connectivity index (χ4n) is 2.43. The predicted octanol–water partition coefficient (Wildman–Crippen LogP) is 1.84. The van der Waals surface area contributed by atoms with E-state index in [9.17, 15) is 28.0 Å². The van der Waals surface area contributed by atoms with Crippen LogP contribution in [-0.2, 0) is 4.79 Å². The van der Waals surface area contributed by atoms with E-state index in [4.69, 9.17) is 0 Å². The first-order chi connectivity index (χ1) is 14.3. The molecular weight excluding hydrogens is 422 g/mol. The van der Waals surface area contributed by atoms with Crippen LogP contribution in [0.15, 0.2) is 46.1 Å². The maximum atomic E-state index is 12.4. The van der Waals surface area contributed by atoms with Gasteiger partial charge in [0.2, 0.25) is 0 Å². The van der Waals surface area contributed by atoms with Crippen molar-refractivity contribution in [3.63, 3.8) is 0 Å². The summed E-state index contributed by atoms with van der Waals surface area (Å²) in [7, 11) is 0. The summed E-state index contributed by atoms with van der Waals surface area (Å²) in [5, 5.41) is 7.71. The van der Waals surface area contributed by atoms with Gasteiger partial charge in [0.15, 0.2) is 0 Å². The monoisotopic (exact) mass is 436 g/mol. The standard InChI is InChI=1S/C18H14F2N4O5S/c19-17(20)29-11-3-1-10(2-4-11)9-13-16(27)24(18(28)30-13)8-7-21-15(26)12-5-6-14(25)23-22-12/h1-6,9,17H,7-8H2,(H,21,26)(H,23,25)/b13-9-. The number of carbonyl (C=O) groups is 3. The molecule has 0 bridgehead atoms. The molecule has 0 unspecified atom stereocenters. The summed E-state index contributed by atoms with van der Waals surface area (Å²) in [5.41, 5.74) is 0.0646. The molecule has 0 spiro atoms. The van der Waals surface area contributed by atoms with Gasteiger partial charge in [0.25, 0.3) is 22.6 Å². The lowest BCUT2D eigenvalue weighted by Crippen LogP contribution is -2.37. The summed E-state index contributed by atoms with van der Waals surface area (Å²) >= 11 is 0.731. The highest BCUT2D eigenvalue weighted by Crippen LogP contribution is 2.32. The van der Waals surface area contributed by atoms with E-state index >= 15 is 0 Å². The minimum atomic E-state index is -2.94. The van der Waals surface area contributed by atoms with Gasteiger partial charge in [-0.3, -0.25) is 24.1 Å². The van der Waals surface area contributed by atoms with Crippen LogP contribution in [0.2, 0.25) is 0 Å². The fourth-order valence-corrected chi connectivity index (χ4v) is 3.30. The van der Waals surface area contributed by atoms with Crippen molar-refractivity contribution < 1.29 is 27.9 Å². The van der Waals surface area contributed by atoms with Crippen LogP contribution in [0.25, 0.3) is 6.08 Å². The number of aromatic amines is 1. The van der Waals surface area contributed by atoms with Crippen molar-refractivity contribution in [2.75, 3.05) is 13.1 Å². The first-order valence-corrected chi connectivity index (χ1v) is 9.29. The molecule has 1 aliphatic heterocycles. The zero-order chi connectivity index (χ0) is 21.7.